The molecule has 5 nitrogen and oxygen atoms in total. The highest BCUT2D eigenvalue weighted by atomic mass is 19.1. The van der Waals surface area contributed by atoms with Gasteiger partial charge >= 0.3 is 5.97 Å². The number of rotatable bonds is 8. The Morgan fingerprint density at radius 2 is 2.14 bits per heavy atom. The highest BCUT2D eigenvalue weighted by Gasteiger charge is 2.20. The van der Waals surface area contributed by atoms with Gasteiger partial charge in [0.05, 0.1) is 13.5 Å². The van der Waals surface area contributed by atoms with Crippen LogP contribution in [-0.2, 0) is 16.0 Å². The summed E-state index contributed by atoms with van der Waals surface area (Å²) in [5.41, 5.74) is 0.384. The summed E-state index contributed by atoms with van der Waals surface area (Å²) in [4.78, 5) is 23.0. The Balaban J connectivity index is 2.71. The number of ether oxygens (including phenoxy) is 1. The molecule has 21 heavy (non-hydrogen) atoms. The molecule has 0 heterocycles. The lowest BCUT2D eigenvalue weighted by atomic mass is 10.1. The first kappa shape index (κ1) is 16.9. The number of carbonyl (C=O) groups excluding carboxylic acids is 1. The molecule has 0 saturated heterocycles. The summed E-state index contributed by atoms with van der Waals surface area (Å²) < 4.78 is 18.3. The summed E-state index contributed by atoms with van der Waals surface area (Å²) in [6.45, 7) is 1.94. The minimum Gasteiger partial charge on any atom is -0.496 e. The average Bonchev–Trinajstić information content (AvgIpc) is 2.43. The molecule has 1 aromatic rings. The fourth-order valence-corrected chi connectivity index (χ4v) is 1.97. The zero-order valence-corrected chi connectivity index (χ0v) is 12.2. The number of carboxylic acids is 1. The monoisotopic (exact) mass is 297 g/mol. The molecule has 0 bridgehead atoms. The summed E-state index contributed by atoms with van der Waals surface area (Å²) in [7, 11) is 1.43. The number of hydrogen-bond acceptors (Lipinski definition) is 3. The Morgan fingerprint density at radius 3 is 2.71 bits per heavy atom. The second-order valence-electron chi connectivity index (χ2n) is 4.73. The van der Waals surface area contributed by atoms with Crippen LogP contribution in [0.5, 0.6) is 5.75 Å². The molecule has 6 heteroatoms. The van der Waals surface area contributed by atoms with Crippen LogP contribution in [0.15, 0.2) is 18.2 Å². The van der Waals surface area contributed by atoms with Crippen molar-refractivity contribution in [1.29, 1.82) is 0 Å². The number of methoxy groups -OCH3 is 1. The number of unbranched alkanes of at least 4 members (excludes halogenated alkanes) is 1. The molecule has 0 aliphatic carbocycles. The maximum atomic E-state index is 13.2. The van der Waals surface area contributed by atoms with Crippen LogP contribution >= 0.6 is 0 Å². The standard InChI is InChI=1S/C15H20FNO4/c1-3-4-5-12(15(19)20)17-14(18)9-10-8-11(16)6-7-13(10)21-2/h6-8,12H,3-5,9H2,1-2H3,(H,17,18)(H,19,20)/t12-/m0/s1. The van der Waals surface area contributed by atoms with Gasteiger partial charge in [0.1, 0.15) is 17.6 Å². The molecule has 0 radical (unpaired) electrons. The molecule has 0 aliphatic heterocycles. The van der Waals surface area contributed by atoms with Crippen LogP contribution in [0.1, 0.15) is 31.7 Å². The minimum atomic E-state index is -1.07. The second-order valence-corrected chi connectivity index (χ2v) is 4.73. The van der Waals surface area contributed by atoms with E-state index < -0.39 is 23.7 Å². The van der Waals surface area contributed by atoms with Crippen molar-refractivity contribution in [2.45, 2.75) is 38.6 Å². The van der Waals surface area contributed by atoms with E-state index in [-0.39, 0.29) is 6.42 Å². The van der Waals surface area contributed by atoms with Gasteiger partial charge in [-0.3, -0.25) is 4.79 Å². The number of hydrogen-bond donors (Lipinski definition) is 2. The first-order valence-electron chi connectivity index (χ1n) is 6.82. The molecule has 2 N–H and O–H groups in total. The number of carbonyl (C=O) groups is 2. The fourth-order valence-electron chi connectivity index (χ4n) is 1.97. The quantitative estimate of drug-likeness (QED) is 0.771. The van der Waals surface area contributed by atoms with E-state index in [4.69, 9.17) is 9.84 Å². The minimum absolute atomic E-state index is 0.128. The Hall–Kier alpha value is -2.11. The van der Waals surface area contributed by atoms with Gasteiger partial charge in [-0.1, -0.05) is 19.8 Å². The van der Waals surface area contributed by atoms with Crippen LogP contribution < -0.4 is 10.1 Å². The van der Waals surface area contributed by atoms with Gasteiger partial charge in [0, 0.05) is 5.56 Å². The second kappa shape index (κ2) is 8.24. The Bertz CT molecular complexity index is 504. The van der Waals surface area contributed by atoms with E-state index in [2.05, 4.69) is 5.32 Å². The van der Waals surface area contributed by atoms with Crippen molar-refractivity contribution >= 4 is 11.9 Å². The third-order valence-electron chi connectivity index (χ3n) is 3.07. The molecule has 1 rings (SSSR count). The SMILES string of the molecule is CCCC[C@H](NC(=O)Cc1cc(F)ccc1OC)C(=O)O. The zero-order valence-electron chi connectivity index (χ0n) is 12.2. The molecule has 1 amide bonds. The van der Waals surface area contributed by atoms with Crippen LogP contribution in [0.25, 0.3) is 0 Å². The van der Waals surface area contributed by atoms with Crippen LogP contribution in [0.3, 0.4) is 0 Å². The molecule has 0 spiro atoms. The van der Waals surface area contributed by atoms with Crippen molar-refractivity contribution in [1.82, 2.24) is 5.32 Å². The third kappa shape index (κ3) is 5.41. The molecule has 0 aliphatic rings. The number of benzene rings is 1. The maximum Gasteiger partial charge on any atom is 0.326 e. The lowest BCUT2D eigenvalue weighted by molar-refractivity contribution is -0.142. The number of aliphatic carboxylic acids is 1. The van der Waals surface area contributed by atoms with Crippen molar-refractivity contribution in [3.63, 3.8) is 0 Å². The first-order chi connectivity index (χ1) is 9.97. The van der Waals surface area contributed by atoms with Gasteiger partial charge in [-0.25, -0.2) is 9.18 Å². The molecule has 0 saturated carbocycles. The number of carboxylic acid groups (broad SMARTS) is 1. The molecule has 0 aromatic heterocycles. The van der Waals surface area contributed by atoms with Gasteiger partial charge < -0.3 is 15.2 Å². The van der Waals surface area contributed by atoms with Crippen LogP contribution in [0.2, 0.25) is 0 Å². The zero-order chi connectivity index (χ0) is 15.8. The van der Waals surface area contributed by atoms with Crippen molar-refractivity contribution in [2.75, 3.05) is 7.11 Å². The highest BCUT2D eigenvalue weighted by molar-refractivity contribution is 5.85. The molecule has 1 aromatic carbocycles. The van der Waals surface area contributed by atoms with E-state index in [0.717, 1.165) is 6.42 Å². The first-order valence-corrected chi connectivity index (χ1v) is 6.82. The molecular weight excluding hydrogens is 277 g/mol. The Labute approximate surface area is 123 Å². The predicted octanol–water partition coefficient (Wildman–Crippen LogP) is 2.14. The predicted molar refractivity (Wildman–Crippen MR) is 75.7 cm³/mol. The highest BCUT2D eigenvalue weighted by Crippen LogP contribution is 2.19. The number of amides is 1. The van der Waals surface area contributed by atoms with Gasteiger partial charge in [0.15, 0.2) is 0 Å². The van der Waals surface area contributed by atoms with Gasteiger partial charge in [0.25, 0.3) is 0 Å². The van der Waals surface area contributed by atoms with Gasteiger partial charge in [0.2, 0.25) is 5.91 Å². The molecule has 1 atom stereocenters. The molecule has 0 fully saturated rings. The maximum absolute atomic E-state index is 13.2. The van der Waals surface area contributed by atoms with Crippen molar-refractivity contribution in [3.8, 4) is 5.75 Å². The van der Waals surface area contributed by atoms with Crippen LogP contribution in [0.4, 0.5) is 4.39 Å². The summed E-state index contributed by atoms with van der Waals surface area (Å²) >= 11 is 0. The topological polar surface area (TPSA) is 75.6 Å². The summed E-state index contributed by atoms with van der Waals surface area (Å²) in [5.74, 6) is -1.61. The lowest BCUT2D eigenvalue weighted by Crippen LogP contribution is -2.41. The van der Waals surface area contributed by atoms with E-state index in [1.807, 2.05) is 6.92 Å². The number of nitrogens with one attached hydrogen (secondary N) is 1. The van der Waals surface area contributed by atoms with E-state index >= 15 is 0 Å². The molecular formula is C15H20FNO4. The van der Waals surface area contributed by atoms with Gasteiger partial charge in [-0.05, 0) is 24.6 Å². The van der Waals surface area contributed by atoms with Crippen molar-refractivity contribution in [2.24, 2.45) is 0 Å². The van der Waals surface area contributed by atoms with Crippen LogP contribution in [-0.4, -0.2) is 30.1 Å². The summed E-state index contributed by atoms with van der Waals surface area (Å²) in [6, 6.07) is 2.96. The van der Waals surface area contributed by atoms with Crippen molar-refractivity contribution < 1.29 is 23.8 Å². The molecule has 0 unspecified atom stereocenters. The smallest absolute Gasteiger partial charge is 0.326 e. The average molecular weight is 297 g/mol. The normalized spacial score (nSPS) is 11.8. The third-order valence-corrected chi connectivity index (χ3v) is 3.07. The van der Waals surface area contributed by atoms with Gasteiger partial charge in [-0.2, -0.15) is 0 Å². The summed E-state index contributed by atoms with van der Waals surface area (Å²) in [6.07, 6.45) is 1.80. The fraction of sp³-hybridized carbons (Fsp3) is 0.467. The molecule has 116 valence electrons. The van der Waals surface area contributed by atoms with E-state index in [0.29, 0.717) is 24.2 Å². The van der Waals surface area contributed by atoms with Gasteiger partial charge in [-0.15, -0.1) is 0 Å². The lowest BCUT2D eigenvalue weighted by Gasteiger charge is -2.15. The Morgan fingerprint density at radius 1 is 1.43 bits per heavy atom. The largest absolute Gasteiger partial charge is 0.496 e. The van der Waals surface area contributed by atoms with E-state index in [1.165, 1.54) is 25.3 Å². The van der Waals surface area contributed by atoms with Crippen LogP contribution in [0, 0.1) is 5.82 Å². The number of halogens is 1. The van der Waals surface area contributed by atoms with E-state index in [9.17, 15) is 14.0 Å². The Kier molecular flexibility index (Phi) is 6.65. The summed E-state index contributed by atoms with van der Waals surface area (Å²) in [5, 5.41) is 11.5. The van der Waals surface area contributed by atoms with Crippen molar-refractivity contribution in [3.05, 3.63) is 29.6 Å². The van der Waals surface area contributed by atoms with E-state index in [1.54, 1.807) is 0 Å².